The van der Waals surface area contributed by atoms with Gasteiger partial charge in [-0.2, -0.15) is 0 Å². The summed E-state index contributed by atoms with van der Waals surface area (Å²) in [7, 11) is 0. The van der Waals surface area contributed by atoms with E-state index in [9.17, 15) is 4.79 Å². The Kier molecular flexibility index (Phi) is 6.61. The van der Waals surface area contributed by atoms with Crippen molar-refractivity contribution >= 4 is 11.8 Å². The highest BCUT2D eigenvalue weighted by Crippen LogP contribution is 2.23. The number of nitrogens with zero attached hydrogens (tertiary/aromatic N) is 3. The molecule has 0 saturated carbocycles. The largest absolute Gasteiger partial charge is 0.494 e. The summed E-state index contributed by atoms with van der Waals surface area (Å²) in [5, 5.41) is 9.12. The maximum atomic E-state index is 11.1. The number of anilines is 1. The van der Waals surface area contributed by atoms with E-state index in [4.69, 9.17) is 9.84 Å². The van der Waals surface area contributed by atoms with Crippen LogP contribution in [0.3, 0.4) is 0 Å². The fourth-order valence-electron chi connectivity index (χ4n) is 3.91. The fraction of sp³-hybridized carbons (Fsp3) is 0.650. The molecule has 0 aromatic heterocycles. The molecule has 1 amide bonds. The SMILES string of the molecule is C[C@@H]1CN(C(=O)O)CCN1c1ccc(OCCCN2CCCCC2)cc1. The zero-order valence-electron chi connectivity index (χ0n) is 15.8. The van der Waals surface area contributed by atoms with Crippen molar-refractivity contribution in [3.8, 4) is 5.75 Å². The van der Waals surface area contributed by atoms with Gasteiger partial charge in [-0.05, 0) is 63.5 Å². The number of hydrogen-bond donors (Lipinski definition) is 1. The second-order valence-corrected chi connectivity index (χ2v) is 7.37. The quantitative estimate of drug-likeness (QED) is 0.789. The zero-order chi connectivity index (χ0) is 18.4. The molecule has 0 aliphatic carbocycles. The third kappa shape index (κ3) is 5.04. The zero-order valence-corrected chi connectivity index (χ0v) is 15.8. The lowest BCUT2D eigenvalue weighted by Crippen LogP contribution is -2.53. The number of carboxylic acid groups (broad SMARTS) is 1. The van der Waals surface area contributed by atoms with Crippen molar-refractivity contribution < 1.29 is 14.6 Å². The molecular weight excluding hydrogens is 330 g/mol. The molecule has 2 fully saturated rings. The van der Waals surface area contributed by atoms with Crippen molar-refractivity contribution in [3.05, 3.63) is 24.3 Å². The summed E-state index contributed by atoms with van der Waals surface area (Å²) in [6.45, 7) is 8.25. The van der Waals surface area contributed by atoms with Gasteiger partial charge in [0.15, 0.2) is 0 Å². The second kappa shape index (κ2) is 9.12. The van der Waals surface area contributed by atoms with E-state index in [1.165, 1.54) is 37.3 Å². The first-order valence-corrected chi connectivity index (χ1v) is 9.83. The van der Waals surface area contributed by atoms with Crippen LogP contribution in [0.15, 0.2) is 24.3 Å². The van der Waals surface area contributed by atoms with E-state index in [1.54, 1.807) is 0 Å². The smallest absolute Gasteiger partial charge is 0.407 e. The Morgan fingerprint density at radius 3 is 2.50 bits per heavy atom. The van der Waals surface area contributed by atoms with Crippen LogP contribution < -0.4 is 9.64 Å². The van der Waals surface area contributed by atoms with Gasteiger partial charge in [0, 0.05) is 37.9 Å². The van der Waals surface area contributed by atoms with Crippen molar-refractivity contribution in [2.45, 2.75) is 38.6 Å². The molecule has 0 radical (unpaired) electrons. The number of carbonyl (C=O) groups is 1. The molecule has 3 rings (SSSR count). The van der Waals surface area contributed by atoms with Crippen LogP contribution in [0.2, 0.25) is 0 Å². The Labute approximate surface area is 156 Å². The van der Waals surface area contributed by atoms with Crippen LogP contribution in [-0.4, -0.2) is 72.9 Å². The van der Waals surface area contributed by atoms with Crippen LogP contribution in [0.4, 0.5) is 10.5 Å². The van der Waals surface area contributed by atoms with E-state index in [0.717, 1.165) is 37.6 Å². The molecule has 0 spiro atoms. The van der Waals surface area contributed by atoms with E-state index in [2.05, 4.69) is 28.9 Å². The number of amides is 1. The third-order valence-electron chi connectivity index (χ3n) is 5.40. The van der Waals surface area contributed by atoms with Gasteiger partial charge in [-0.3, -0.25) is 0 Å². The molecule has 1 aromatic carbocycles. The lowest BCUT2D eigenvalue weighted by molar-refractivity contribution is 0.136. The topological polar surface area (TPSA) is 56.3 Å². The summed E-state index contributed by atoms with van der Waals surface area (Å²) in [6, 6.07) is 8.37. The summed E-state index contributed by atoms with van der Waals surface area (Å²) >= 11 is 0. The molecule has 6 nitrogen and oxygen atoms in total. The van der Waals surface area contributed by atoms with E-state index in [1.807, 2.05) is 12.1 Å². The fourth-order valence-corrected chi connectivity index (χ4v) is 3.91. The molecule has 6 heteroatoms. The van der Waals surface area contributed by atoms with Crippen LogP contribution in [0.25, 0.3) is 0 Å². The Bertz CT molecular complexity index is 572. The molecule has 144 valence electrons. The average molecular weight is 361 g/mol. The highest BCUT2D eigenvalue weighted by molar-refractivity contribution is 5.65. The first-order chi connectivity index (χ1) is 12.6. The van der Waals surface area contributed by atoms with Gasteiger partial charge < -0.3 is 24.5 Å². The molecule has 26 heavy (non-hydrogen) atoms. The molecule has 2 aliphatic rings. The number of benzene rings is 1. The lowest BCUT2D eigenvalue weighted by atomic mass is 10.1. The maximum Gasteiger partial charge on any atom is 0.407 e. The van der Waals surface area contributed by atoms with Crippen molar-refractivity contribution in [1.82, 2.24) is 9.80 Å². The summed E-state index contributed by atoms with van der Waals surface area (Å²) < 4.78 is 5.88. The Balaban J connectivity index is 1.42. The molecule has 1 aromatic rings. The first-order valence-electron chi connectivity index (χ1n) is 9.83. The lowest BCUT2D eigenvalue weighted by Gasteiger charge is -2.40. The molecule has 2 aliphatic heterocycles. The minimum Gasteiger partial charge on any atom is -0.494 e. The van der Waals surface area contributed by atoms with Crippen LogP contribution in [0, 0.1) is 0 Å². The van der Waals surface area contributed by atoms with Crippen molar-refractivity contribution in [3.63, 3.8) is 0 Å². The minimum absolute atomic E-state index is 0.177. The summed E-state index contributed by atoms with van der Waals surface area (Å²) in [6.07, 6.45) is 4.28. The number of likely N-dealkylation sites (tertiary alicyclic amines) is 1. The number of piperazine rings is 1. The molecule has 1 atom stereocenters. The molecule has 2 saturated heterocycles. The van der Waals surface area contributed by atoms with Gasteiger partial charge >= 0.3 is 6.09 Å². The van der Waals surface area contributed by atoms with Crippen LogP contribution in [0.1, 0.15) is 32.6 Å². The molecule has 1 N–H and O–H groups in total. The van der Waals surface area contributed by atoms with E-state index < -0.39 is 6.09 Å². The highest BCUT2D eigenvalue weighted by Gasteiger charge is 2.26. The molecule has 0 bridgehead atoms. The Morgan fingerprint density at radius 2 is 1.85 bits per heavy atom. The number of piperidine rings is 1. The highest BCUT2D eigenvalue weighted by atomic mass is 16.5. The Hall–Kier alpha value is -1.95. The maximum absolute atomic E-state index is 11.1. The summed E-state index contributed by atoms with van der Waals surface area (Å²) in [5.41, 5.74) is 1.13. The third-order valence-corrected chi connectivity index (χ3v) is 5.40. The van der Waals surface area contributed by atoms with Gasteiger partial charge in [-0.15, -0.1) is 0 Å². The van der Waals surface area contributed by atoms with Crippen molar-refractivity contribution in [2.75, 3.05) is 50.8 Å². The van der Waals surface area contributed by atoms with Gasteiger partial charge in [0.2, 0.25) is 0 Å². The van der Waals surface area contributed by atoms with Gasteiger partial charge in [0.1, 0.15) is 5.75 Å². The molecule has 0 unspecified atom stereocenters. The van der Waals surface area contributed by atoms with Crippen LogP contribution >= 0.6 is 0 Å². The van der Waals surface area contributed by atoms with Gasteiger partial charge in [-0.1, -0.05) is 6.42 Å². The minimum atomic E-state index is -0.829. The van der Waals surface area contributed by atoms with Gasteiger partial charge in [0.25, 0.3) is 0 Å². The van der Waals surface area contributed by atoms with E-state index >= 15 is 0 Å². The Morgan fingerprint density at radius 1 is 1.12 bits per heavy atom. The summed E-state index contributed by atoms with van der Waals surface area (Å²) in [5.74, 6) is 0.907. The molecular formula is C20H31N3O3. The average Bonchev–Trinajstić information content (AvgIpc) is 2.66. The number of hydrogen-bond acceptors (Lipinski definition) is 4. The van der Waals surface area contributed by atoms with Gasteiger partial charge in [-0.25, -0.2) is 4.79 Å². The normalized spacial score (nSPS) is 21.7. The van der Waals surface area contributed by atoms with Crippen molar-refractivity contribution in [1.29, 1.82) is 0 Å². The standard InChI is InChI=1S/C20H31N3O3/c1-17-16-22(20(24)25)13-14-23(17)18-6-8-19(9-7-18)26-15-5-12-21-10-3-2-4-11-21/h6-9,17H,2-5,10-16H2,1H3,(H,24,25)/t17-/m1/s1. The van der Waals surface area contributed by atoms with Crippen LogP contribution in [-0.2, 0) is 0 Å². The molecule has 2 heterocycles. The van der Waals surface area contributed by atoms with Gasteiger partial charge in [0.05, 0.1) is 6.61 Å². The van der Waals surface area contributed by atoms with E-state index in [0.29, 0.717) is 13.1 Å². The first kappa shape index (κ1) is 18.8. The van der Waals surface area contributed by atoms with Crippen LogP contribution in [0.5, 0.6) is 5.75 Å². The monoisotopic (exact) mass is 361 g/mol. The number of ether oxygens (including phenoxy) is 1. The van der Waals surface area contributed by atoms with E-state index in [-0.39, 0.29) is 6.04 Å². The second-order valence-electron chi connectivity index (χ2n) is 7.37. The number of rotatable bonds is 6. The summed E-state index contributed by atoms with van der Waals surface area (Å²) in [4.78, 5) is 17.4. The predicted octanol–water partition coefficient (Wildman–Crippen LogP) is 3.13. The van der Waals surface area contributed by atoms with Crippen molar-refractivity contribution in [2.24, 2.45) is 0 Å². The predicted molar refractivity (Wildman–Crippen MR) is 103 cm³/mol.